The molecule has 2 N–H and O–H groups in total. The lowest BCUT2D eigenvalue weighted by Gasteiger charge is -2.44. The number of rotatable bonds is 5. The highest BCUT2D eigenvalue weighted by molar-refractivity contribution is 6.16. The van der Waals surface area contributed by atoms with Gasteiger partial charge < -0.3 is 4.90 Å². The summed E-state index contributed by atoms with van der Waals surface area (Å²) in [5, 5.41) is 16.4. The van der Waals surface area contributed by atoms with Crippen molar-refractivity contribution in [2.24, 2.45) is 0 Å². The summed E-state index contributed by atoms with van der Waals surface area (Å²) in [6.45, 7) is 6.11. The molecule has 0 radical (unpaired) electrons. The van der Waals surface area contributed by atoms with Crippen LogP contribution in [0.5, 0.6) is 0 Å². The van der Waals surface area contributed by atoms with Crippen molar-refractivity contribution in [3.8, 4) is 22.8 Å². The second-order valence-electron chi connectivity index (χ2n) is 7.47. The Morgan fingerprint density at radius 2 is 1.77 bits per heavy atom. The monoisotopic (exact) mass is 418 g/mol. The maximum atomic E-state index is 13.4. The molecule has 1 unspecified atom stereocenters. The molecule has 1 aliphatic rings. The van der Waals surface area contributed by atoms with Gasteiger partial charge in [0, 0.05) is 24.0 Å². The lowest BCUT2D eigenvalue weighted by Crippen LogP contribution is -2.55. The zero-order chi connectivity index (χ0) is 22.1. The minimum absolute atomic E-state index is 0.0816. The first-order chi connectivity index (χ1) is 15.0. The Balaban J connectivity index is 1.89. The minimum atomic E-state index is -0.327. The molecule has 31 heavy (non-hydrogen) atoms. The van der Waals surface area contributed by atoms with Crippen LogP contribution in [0.25, 0.3) is 22.8 Å². The van der Waals surface area contributed by atoms with E-state index in [0.717, 1.165) is 6.34 Å². The Labute approximate surface area is 179 Å². The summed E-state index contributed by atoms with van der Waals surface area (Å²) in [5.74, 6) is 1.01. The second-order valence-corrected chi connectivity index (χ2v) is 7.47. The van der Waals surface area contributed by atoms with Crippen LogP contribution in [0.2, 0.25) is 0 Å². The molecule has 0 saturated heterocycles. The van der Waals surface area contributed by atoms with Gasteiger partial charge >= 0.3 is 0 Å². The van der Waals surface area contributed by atoms with Gasteiger partial charge in [0.05, 0.1) is 24.3 Å². The number of fused-ring (bicyclic) bond motifs is 1. The van der Waals surface area contributed by atoms with E-state index in [-0.39, 0.29) is 17.9 Å². The predicted octanol–water partition coefficient (Wildman–Crippen LogP) is 4.14. The molecular weight excluding hydrogens is 395 g/mol. The maximum absolute atomic E-state index is 13.4. The summed E-state index contributed by atoms with van der Waals surface area (Å²) in [6, 6.07) is 5.91. The second kappa shape index (κ2) is 8.17. The van der Waals surface area contributed by atoms with Crippen LogP contribution in [-0.2, 0) is 0 Å². The van der Waals surface area contributed by atoms with E-state index in [0.29, 0.717) is 46.5 Å². The SMILES string of the molecule is CCC1C(=N)N(C=N)c2cnc(-c3nccnc3-c3ccc(F)cc3)nc2N1C(C)C. The number of amidine groups is 1. The summed E-state index contributed by atoms with van der Waals surface area (Å²) < 4.78 is 13.4. The Kier molecular flexibility index (Phi) is 5.41. The molecule has 158 valence electrons. The fourth-order valence-electron chi connectivity index (χ4n) is 3.86. The number of hydrogen-bond acceptors (Lipinski definition) is 7. The van der Waals surface area contributed by atoms with E-state index in [9.17, 15) is 4.39 Å². The molecule has 1 aromatic carbocycles. The number of nitrogens with one attached hydrogen (secondary N) is 2. The van der Waals surface area contributed by atoms with Crippen molar-refractivity contribution in [3.63, 3.8) is 0 Å². The van der Waals surface area contributed by atoms with Crippen LogP contribution in [0, 0.1) is 16.6 Å². The van der Waals surface area contributed by atoms with Crippen LogP contribution >= 0.6 is 0 Å². The van der Waals surface area contributed by atoms with Crippen molar-refractivity contribution >= 4 is 23.7 Å². The predicted molar refractivity (Wildman–Crippen MR) is 119 cm³/mol. The third-order valence-corrected chi connectivity index (χ3v) is 5.26. The van der Waals surface area contributed by atoms with Crippen molar-refractivity contribution in [2.75, 3.05) is 9.80 Å². The zero-order valence-corrected chi connectivity index (χ0v) is 17.5. The number of nitrogens with zero attached hydrogens (tertiary/aromatic N) is 6. The summed E-state index contributed by atoms with van der Waals surface area (Å²) in [4.78, 5) is 21.8. The molecule has 0 aliphatic carbocycles. The zero-order valence-electron chi connectivity index (χ0n) is 17.5. The Morgan fingerprint density at radius 3 is 2.39 bits per heavy atom. The largest absolute Gasteiger partial charge is 0.342 e. The molecule has 0 bridgehead atoms. The Bertz CT molecular complexity index is 1130. The number of benzene rings is 1. The van der Waals surface area contributed by atoms with Crippen molar-refractivity contribution in [1.82, 2.24) is 19.9 Å². The molecule has 8 nitrogen and oxygen atoms in total. The third-order valence-electron chi connectivity index (χ3n) is 5.26. The summed E-state index contributed by atoms with van der Waals surface area (Å²) in [7, 11) is 0. The molecule has 3 aromatic rings. The Hall–Kier alpha value is -3.75. The van der Waals surface area contributed by atoms with Gasteiger partial charge in [0.15, 0.2) is 11.6 Å². The molecule has 0 amide bonds. The molecule has 9 heteroatoms. The van der Waals surface area contributed by atoms with Crippen LogP contribution < -0.4 is 9.80 Å². The summed E-state index contributed by atoms with van der Waals surface area (Å²) >= 11 is 0. The molecule has 3 heterocycles. The van der Waals surface area contributed by atoms with E-state index in [1.54, 1.807) is 30.7 Å². The normalized spacial score (nSPS) is 15.9. The van der Waals surface area contributed by atoms with Gasteiger partial charge in [-0.2, -0.15) is 0 Å². The van der Waals surface area contributed by atoms with Crippen LogP contribution in [0.3, 0.4) is 0 Å². The van der Waals surface area contributed by atoms with Crippen LogP contribution in [0.1, 0.15) is 27.2 Å². The Morgan fingerprint density at radius 1 is 1.10 bits per heavy atom. The van der Waals surface area contributed by atoms with Gasteiger partial charge in [0.25, 0.3) is 0 Å². The molecular formula is C22H23FN8. The average molecular weight is 418 g/mol. The number of anilines is 2. The maximum Gasteiger partial charge on any atom is 0.182 e. The minimum Gasteiger partial charge on any atom is -0.342 e. The van der Waals surface area contributed by atoms with E-state index in [4.69, 9.17) is 15.8 Å². The van der Waals surface area contributed by atoms with Gasteiger partial charge in [-0.05, 0) is 44.5 Å². The molecule has 1 atom stereocenters. The molecule has 0 saturated carbocycles. The summed E-state index contributed by atoms with van der Waals surface area (Å²) in [6.07, 6.45) is 6.58. The van der Waals surface area contributed by atoms with Gasteiger partial charge in [-0.25, -0.2) is 19.3 Å². The molecule has 1 aliphatic heterocycles. The van der Waals surface area contributed by atoms with Crippen molar-refractivity contribution < 1.29 is 4.39 Å². The van der Waals surface area contributed by atoms with Gasteiger partial charge in [0.2, 0.25) is 0 Å². The van der Waals surface area contributed by atoms with E-state index in [1.807, 2.05) is 20.8 Å². The smallest absolute Gasteiger partial charge is 0.182 e. The first-order valence-electron chi connectivity index (χ1n) is 10.1. The van der Waals surface area contributed by atoms with Gasteiger partial charge in [-0.1, -0.05) is 6.92 Å². The average Bonchev–Trinajstić information content (AvgIpc) is 2.78. The lowest BCUT2D eigenvalue weighted by atomic mass is 10.0. The quantitative estimate of drug-likeness (QED) is 0.477. The third kappa shape index (κ3) is 3.52. The van der Waals surface area contributed by atoms with Gasteiger partial charge in [-0.15, -0.1) is 0 Å². The highest BCUT2D eigenvalue weighted by Gasteiger charge is 2.37. The van der Waals surface area contributed by atoms with Crippen LogP contribution in [0.4, 0.5) is 15.9 Å². The van der Waals surface area contributed by atoms with E-state index >= 15 is 0 Å². The molecule has 2 aromatic heterocycles. The number of hydrogen-bond donors (Lipinski definition) is 2. The van der Waals surface area contributed by atoms with Crippen molar-refractivity contribution in [1.29, 1.82) is 10.8 Å². The molecule has 4 rings (SSSR count). The fourth-order valence-corrected chi connectivity index (χ4v) is 3.86. The molecule has 0 fully saturated rings. The highest BCUT2D eigenvalue weighted by atomic mass is 19.1. The first kappa shape index (κ1) is 20.5. The fraction of sp³-hybridized carbons (Fsp3) is 0.273. The van der Waals surface area contributed by atoms with E-state index in [1.165, 1.54) is 17.0 Å². The number of aromatic nitrogens is 4. The standard InChI is InChI=1S/C22H23FN8/c1-4-16-20(25)30(12-24)17-11-28-21(29-22(17)31(16)13(2)3)19-18(26-9-10-27-19)14-5-7-15(23)8-6-14/h5-13,16,24-25H,4H2,1-3H3. The van der Waals surface area contributed by atoms with Crippen LogP contribution in [0.15, 0.2) is 42.9 Å². The van der Waals surface area contributed by atoms with Gasteiger partial charge in [-0.3, -0.25) is 20.7 Å². The van der Waals surface area contributed by atoms with E-state index < -0.39 is 0 Å². The van der Waals surface area contributed by atoms with Crippen molar-refractivity contribution in [2.45, 2.75) is 39.3 Å². The topological polar surface area (TPSA) is 106 Å². The number of halogens is 1. The first-order valence-corrected chi connectivity index (χ1v) is 10.1. The highest BCUT2D eigenvalue weighted by Crippen LogP contribution is 2.37. The van der Waals surface area contributed by atoms with Crippen LogP contribution in [-0.4, -0.2) is 44.2 Å². The molecule has 0 spiro atoms. The van der Waals surface area contributed by atoms with Crippen molar-refractivity contribution in [3.05, 3.63) is 48.7 Å². The van der Waals surface area contributed by atoms with E-state index in [2.05, 4.69) is 19.9 Å². The lowest BCUT2D eigenvalue weighted by molar-refractivity contribution is 0.598. The summed E-state index contributed by atoms with van der Waals surface area (Å²) in [5.41, 5.74) is 2.32. The van der Waals surface area contributed by atoms with Gasteiger partial charge in [0.1, 0.15) is 23.0 Å².